The molecule has 0 aliphatic rings. The first kappa shape index (κ1) is 14.8. The van der Waals surface area contributed by atoms with Crippen LogP contribution in [0.3, 0.4) is 0 Å². The van der Waals surface area contributed by atoms with E-state index in [0.29, 0.717) is 11.4 Å². The molecule has 0 fully saturated rings. The maximum atomic E-state index is 5.29. The van der Waals surface area contributed by atoms with Crippen LogP contribution >= 0.6 is 0 Å². The summed E-state index contributed by atoms with van der Waals surface area (Å²) < 4.78 is 10.4. The van der Waals surface area contributed by atoms with Crippen LogP contribution in [0.1, 0.15) is 0 Å². The zero-order chi connectivity index (χ0) is 15.2. The van der Waals surface area contributed by atoms with Crippen molar-refractivity contribution >= 4 is 17.1 Å². The number of benzene rings is 2. The molecule has 0 unspecified atom stereocenters. The lowest BCUT2D eigenvalue weighted by atomic mass is 10.2. The Morgan fingerprint density at radius 3 is 2.14 bits per heavy atom. The third-order valence-electron chi connectivity index (χ3n) is 3.03. The summed E-state index contributed by atoms with van der Waals surface area (Å²) >= 11 is 0. The van der Waals surface area contributed by atoms with E-state index in [4.69, 9.17) is 9.47 Å². The Balaban J connectivity index is 2.20. The second-order valence-corrected chi connectivity index (χ2v) is 4.65. The van der Waals surface area contributed by atoms with Crippen LogP contribution < -0.4 is 14.4 Å². The molecule has 5 heteroatoms. The Kier molecular flexibility index (Phi) is 4.77. The summed E-state index contributed by atoms with van der Waals surface area (Å²) in [6, 6.07) is 13.3. The van der Waals surface area contributed by atoms with Crippen molar-refractivity contribution in [3.63, 3.8) is 0 Å². The molecule has 0 saturated heterocycles. The highest BCUT2D eigenvalue weighted by Crippen LogP contribution is 2.32. The minimum atomic E-state index is 0.628. The van der Waals surface area contributed by atoms with Crippen LogP contribution in [0.5, 0.6) is 11.5 Å². The molecule has 0 heterocycles. The van der Waals surface area contributed by atoms with Gasteiger partial charge in [0.1, 0.15) is 17.2 Å². The standard InChI is InChI=1S/C16H19N3O2/c1-19(2)13-7-5-12(6-8-13)17-18-15-10-9-14(20-3)11-16(15)21-4/h5-11H,1-4H3. The van der Waals surface area contributed by atoms with Gasteiger partial charge in [0.25, 0.3) is 0 Å². The number of nitrogens with zero attached hydrogens (tertiary/aromatic N) is 3. The summed E-state index contributed by atoms with van der Waals surface area (Å²) in [5.74, 6) is 1.35. The van der Waals surface area contributed by atoms with Crippen LogP contribution in [-0.2, 0) is 0 Å². The quantitative estimate of drug-likeness (QED) is 0.774. The first-order valence-corrected chi connectivity index (χ1v) is 6.55. The van der Waals surface area contributed by atoms with Gasteiger partial charge < -0.3 is 14.4 Å². The van der Waals surface area contributed by atoms with E-state index >= 15 is 0 Å². The van der Waals surface area contributed by atoms with E-state index in [2.05, 4.69) is 10.2 Å². The normalized spacial score (nSPS) is 10.7. The number of hydrogen-bond donors (Lipinski definition) is 0. The predicted molar refractivity (Wildman–Crippen MR) is 84.5 cm³/mol. The highest BCUT2D eigenvalue weighted by Gasteiger charge is 2.04. The van der Waals surface area contributed by atoms with Crippen LogP contribution in [0, 0.1) is 0 Å². The molecule has 2 aromatic carbocycles. The van der Waals surface area contributed by atoms with Gasteiger partial charge in [0.15, 0.2) is 0 Å². The van der Waals surface area contributed by atoms with E-state index < -0.39 is 0 Å². The van der Waals surface area contributed by atoms with Gasteiger partial charge in [-0.15, -0.1) is 5.11 Å². The van der Waals surface area contributed by atoms with Gasteiger partial charge in [0.2, 0.25) is 0 Å². The fourth-order valence-electron chi connectivity index (χ4n) is 1.80. The first-order chi connectivity index (χ1) is 10.1. The van der Waals surface area contributed by atoms with Crippen LogP contribution in [0.15, 0.2) is 52.7 Å². The predicted octanol–water partition coefficient (Wildman–Crippen LogP) is 4.19. The molecule has 0 spiro atoms. The van der Waals surface area contributed by atoms with Crippen molar-refractivity contribution in [2.24, 2.45) is 10.2 Å². The zero-order valence-corrected chi connectivity index (χ0v) is 12.7. The molecule has 2 rings (SSSR count). The van der Waals surface area contributed by atoms with Gasteiger partial charge in [-0.25, -0.2) is 0 Å². The van der Waals surface area contributed by atoms with Gasteiger partial charge in [-0.3, -0.25) is 0 Å². The summed E-state index contributed by atoms with van der Waals surface area (Å²) in [4.78, 5) is 2.04. The lowest BCUT2D eigenvalue weighted by Crippen LogP contribution is -2.07. The minimum Gasteiger partial charge on any atom is -0.497 e. The van der Waals surface area contributed by atoms with Crippen molar-refractivity contribution < 1.29 is 9.47 Å². The summed E-state index contributed by atoms with van der Waals surface area (Å²) in [7, 11) is 7.21. The van der Waals surface area contributed by atoms with E-state index in [0.717, 1.165) is 17.1 Å². The molecule has 5 nitrogen and oxygen atoms in total. The molecule has 0 amide bonds. The Labute approximate surface area is 124 Å². The first-order valence-electron chi connectivity index (χ1n) is 6.55. The second-order valence-electron chi connectivity index (χ2n) is 4.65. The molecule has 0 aliphatic heterocycles. The summed E-state index contributed by atoms with van der Waals surface area (Å²) in [5, 5.41) is 8.45. The lowest BCUT2D eigenvalue weighted by molar-refractivity contribution is 0.395. The zero-order valence-electron chi connectivity index (χ0n) is 12.7. The van der Waals surface area contributed by atoms with E-state index in [1.165, 1.54) is 0 Å². The minimum absolute atomic E-state index is 0.628. The van der Waals surface area contributed by atoms with Crippen LogP contribution in [0.4, 0.5) is 17.1 Å². The SMILES string of the molecule is COc1ccc(N=Nc2ccc(N(C)C)cc2)c(OC)c1. The molecule has 0 radical (unpaired) electrons. The maximum absolute atomic E-state index is 5.29. The Hall–Kier alpha value is -2.56. The molecule has 0 N–H and O–H groups in total. The van der Waals surface area contributed by atoms with Crippen molar-refractivity contribution in [2.75, 3.05) is 33.2 Å². The molecule has 2 aromatic rings. The van der Waals surface area contributed by atoms with Crippen molar-refractivity contribution in [1.82, 2.24) is 0 Å². The molecular weight excluding hydrogens is 266 g/mol. The molecule has 110 valence electrons. The molecule has 21 heavy (non-hydrogen) atoms. The number of ether oxygens (including phenoxy) is 2. The van der Waals surface area contributed by atoms with Crippen molar-refractivity contribution in [1.29, 1.82) is 0 Å². The van der Waals surface area contributed by atoms with Gasteiger partial charge >= 0.3 is 0 Å². The van der Waals surface area contributed by atoms with E-state index in [1.54, 1.807) is 20.3 Å². The molecule has 0 aliphatic carbocycles. The number of methoxy groups -OCH3 is 2. The number of azo groups is 1. The van der Waals surface area contributed by atoms with Gasteiger partial charge in [0.05, 0.1) is 19.9 Å². The fourth-order valence-corrected chi connectivity index (χ4v) is 1.80. The monoisotopic (exact) mass is 285 g/mol. The summed E-state index contributed by atoms with van der Waals surface area (Å²) in [6.45, 7) is 0. The van der Waals surface area contributed by atoms with Crippen molar-refractivity contribution in [3.05, 3.63) is 42.5 Å². The van der Waals surface area contributed by atoms with Crippen LogP contribution in [-0.4, -0.2) is 28.3 Å². The van der Waals surface area contributed by atoms with Gasteiger partial charge in [0, 0.05) is 25.8 Å². The number of anilines is 1. The fraction of sp³-hybridized carbons (Fsp3) is 0.250. The lowest BCUT2D eigenvalue weighted by Gasteiger charge is -2.11. The number of rotatable bonds is 5. The maximum Gasteiger partial charge on any atom is 0.150 e. The molecule has 0 bridgehead atoms. The average molecular weight is 285 g/mol. The topological polar surface area (TPSA) is 46.4 Å². The van der Waals surface area contributed by atoms with E-state index in [1.807, 2.05) is 55.4 Å². The van der Waals surface area contributed by atoms with Gasteiger partial charge in [-0.1, -0.05) is 0 Å². The third-order valence-corrected chi connectivity index (χ3v) is 3.03. The Morgan fingerprint density at radius 2 is 1.57 bits per heavy atom. The summed E-state index contributed by atoms with van der Waals surface area (Å²) in [5.41, 5.74) is 2.57. The molecule has 0 atom stereocenters. The third kappa shape index (κ3) is 3.72. The van der Waals surface area contributed by atoms with Gasteiger partial charge in [-0.2, -0.15) is 5.11 Å². The average Bonchev–Trinajstić information content (AvgIpc) is 2.53. The van der Waals surface area contributed by atoms with Crippen LogP contribution in [0.25, 0.3) is 0 Å². The van der Waals surface area contributed by atoms with Crippen molar-refractivity contribution in [3.8, 4) is 11.5 Å². The molecular formula is C16H19N3O2. The van der Waals surface area contributed by atoms with E-state index in [9.17, 15) is 0 Å². The number of hydrogen-bond acceptors (Lipinski definition) is 5. The second kappa shape index (κ2) is 6.74. The smallest absolute Gasteiger partial charge is 0.150 e. The van der Waals surface area contributed by atoms with E-state index in [-0.39, 0.29) is 0 Å². The van der Waals surface area contributed by atoms with Gasteiger partial charge in [-0.05, 0) is 36.4 Å². The van der Waals surface area contributed by atoms with Crippen molar-refractivity contribution in [2.45, 2.75) is 0 Å². The molecule has 0 aromatic heterocycles. The highest BCUT2D eigenvalue weighted by atomic mass is 16.5. The summed E-state index contributed by atoms with van der Waals surface area (Å²) in [6.07, 6.45) is 0. The molecule has 0 saturated carbocycles. The highest BCUT2D eigenvalue weighted by molar-refractivity contribution is 5.56. The Bertz CT molecular complexity index is 622. The van der Waals surface area contributed by atoms with Crippen LogP contribution in [0.2, 0.25) is 0 Å². The largest absolute Gasteiger partial charge is 0.497 e. The Morgan fingerprint density at radius 1 is 0.857 bits per heavy atom.